The molecule has 6 heteroatoms. The third-order valence-corrected chi connectivity index (χ3v) is 3.46. The molecule has 1 rings (SSSR count). The molecule has 0 saturated carbocycles. The summed E-state index contributed by atoms with van der Waals surface area (Å²) in [5.74, 6) is -0.266. The minimum atomic E-state index is -0.784. The lowest BCUT2D eigenvalue weighted by Gasteiger charge is -2.24. The van der Waals surface area contributed by atoms with E-state index < -0.39 is 5.54 Å². The Morgan fingerprint density at radius 1 is 1.56 bits per heavy atom. The van der Waals surface area contributed by atoms with Gasteiger partial charge in [0.2, 0.25) is 0 Å². The van der Waals surface area contributed by atoms with Crippen molar-refractivity contribution in [2.75, 3.05) is 0 Å². The van der Waals surface area contributed by atoms with E-state index in [1.807, 2.05) is 13.8 Å². The summed E-state index contributed by atoms with van der Waals surface area (Å²) >= 11 is 1.05. The van der Waals surface area contributed by atoms with Gasteiger partial charge in [0.25, 0.3) is 5.91 Å². The molecule has 1 aromatic rings. The number of hydrogen-bond acceptors (Lipinski definition) is 5. The van der Waals surface area contributed by atoms with E-state index in [4.69, 9.17) is 5.26 Å². The highest BCUT2D eigenvalue weighted by molar-refractivity contribution is 7.08. The van der Waals surface area contributed by atoms with Gasteiger partial charge in [-0.15, -0.1) is 5.10 Å². The first-order valence-electron chi connectivity index (χ1n) is 5.11. The predicted octanol–water partition coefficient (Wildman–Crippen LogP) is 1.66. The number of hydrogen-bond donors (Lipinski definition) is 1. The largest absolute Gasteiger partial charge is 0.333 e. The Labute approximate surface area is 98.6 Å². The van der Waals surface area contributed by atoms with E-state index in [1.165, 1.54) is 0 Å². The molecule has 1 N–H and O–H groups in total. The second-order valence-corrected chi connectivity index (χ2v) is 4.30. The van der Waals surface area contributed by atoms with Gasteiger partial charge < -0.3 is 5.32 Å². The van der Waals surface area contributed by atoms with Gasteiger partial charge in [-0.05, 0) is 31.3 Å². The number of aromatic nitrogens is 2. The van der Waals surface area contributed by atoms with Crippen LogP contribution in [0.15, 0.2) is 0 Å². The lowest BCUT2D eigenvalue weighted by atomic mass is 9.94. The fraction of sp³-hybridized carbons (Fsp3) is 0.600. The lowest BCUT2D eigenvalue weighted by Crippen LogP contribution is -2.46. The van der Waals surface area contributed by atoms with Crippen LogP contribution in [0.2, 0.25) is 0 Å². The van der Waals surface area contributed by atoms with Crippen LogP contribution in [0.1, 0.15) is 42.1 Å². The first kappa shape index (κ1) is 12.6. The highest BCUT2D eigenvalue weighted by Gasteiger charge is 2.29. The molecule has 1 amide bonds. The van der Waals surface area contributed by atoms with E-state index in [1.54, 1.807) is 6.92 Å². The van der Waals surface area contributed by atoms with Crippen LogP contribution in [0.25, 0.3) is 0 Å². The minimum Gasteiger partial charge on any atom is -0.333 e. The van der Waals surface area contributed by atoms with Gasteiger partial charge in [-0.3, -0.25) is 4.79 Å². The molecule has 0 radical (unpaired) electrons. The molecular weight excluding hydrogens is 224 g/mol. The average molecular weight is 238 g/mol. The maximum absolute atomic E-state index is 11.9. The number of aryl methyl sites for hydroxylation is 1. The van der Waals surface area contributed by atoms with E-state index in [2.05, 4.69) is 21.0 Å². The van der Waals surface area contributed by atoms with Crippen molar-refractivity contribution in [3.8, 4) is 6.07 Å². The number of nitriles is 1. The zero-order valence-corrected chi connectivity index (χ0v) is 10.4. The number of carbonyl (C=O) groups excluding carboxylic acids is 1. The normalized spacial score (nSPS) is 10.9. The Bertz CT molecular complexity index is 417. The van der Waals surface area contributed by atoms with Crippen molar-refractivity contribution in [2.45, 2.75) is 39.2 Å². The second-order valence-electron chi connectivity index (χ2n) is 3.54. The number of nitrogens with zero attached hydrogens (tertiary/aromatic N) is 3. The van der Waals surface area contributed by atoms with Crippen LogP contribution in [0.5, 0.6) is 0 Å². The summed E-state index contributed by atoms with van der Waals surface area (Å²) in [7, 11) is 0. The first-order valence-corrected chi connectivity index (χ1v) is 5.88. The minimum absolute atomic E-state index is 0.266. The van der Waals surface area contributed by atoms with Gasteiger partial charge in [0, 0.05) is 0 Å². The predicted molar refractivity (Wildman–Crippen MR) is 61.0 cm³/mol. The first-order chi connectivity index (χ1) is 7.58. The zero-order chi connectivity index (χ0) is 12.2. The van der Waals surface area contributed by atoms with Crippen molar-refractivity contribution >= 4 is 17.4 Å². The Morgan fingerprint density at radius 3 is 2.56 bits per heavy atom. The van der Waals surface area contributed by atoms with E-state index in [-0.39, 0.29) is 5.91 Å². The van der Waals surface area contributed by atoms with Gasteiger partial charge in [-0.25, -0.2) is 0 Å². The number of nitrogens with one attached hydrogen (secondary N) is 1. The molecular formula is C10H14N4OS. The molecule has 0 fully saturated rings. The van der Waals surface area contributed by atoms with Gasteiger partial charge in [0.05, 0.1) is 11.8 Å². The summed E-state index contributed by atoms with van der Waals surface area (Å²) < 4.78 is 3.70. The molecule has 0 saturated heterocycles. The lowest BCUT2D eigenvalue weighted by molar-refractivity contribution is 0.0919. The molecule has 0 bridgehead atoms. The van der Waals surface area contributed by atoms with Crippen LogP contribution in [0.3, 0.4) is 0 Å². The maximum atomic E-state index is 11.9. The summed E-state index contributed by atoms with van der Waals surface area (Å²) in [5.41, 5.74) is -0.186. The quantitative estimate of drug-likeness (QED) is 0.865. The van der Waals surface area contributed by atoms with Crippen LogP contribution < -0.4 is 5.32 Å². The van der Waals surface area contributed by atoms with Gasteiger partial charge in [0.1, 0.15) is 10.4 Å². The average Bonchev–Trinajstić information content (AvgIpc) is 2.72. The van der Waals surface area contributed by atoms with E-state index in [9.17, 15) is 4.79 Å². The third kappa shape index (κ3) is 2.36. The van der Waals surface area contributed by atoms with Crippen molar-refractivity contribution in [3.05, 3.63) is 10.6 Å². The molecule has 0 unspecified atom stereocenters. The molecule has 1 heterocycles. The molecule has 0 aromatic carbocycles. The second kappa shape index (κ2) is 5.03. The van der Waals surface area contributed by atoms with Crippen molar-refractivity contribution in [1.29, 1.82) is 5.26 Å². The summed E-state index contributed by atoms with van der Waals surface area (Å²) in [6.45, 7) is 5.49. The van der Waals surface area contributed by atoms with E-state index in [0.717, 1.165) is 11.5 Å². The molecule has 86 valence electrons. The Hall–Kier alpha value is -1.48. The van der Waals surface area contributed by atoms with Crippen molar-refractivity contribution < 1.29 is 4.79 Å². The molecule has 5 nitrogen and oxygen atoms in total. The van der Waals surface area contributed by atoms with Gasteiger partial charge in [-0.1, -0.05) is 18.3 Å². The van der Waals surface area contributed by atoms with Crippen molar-refractivity contribution in [1.82, 2.24) is 14.9 Å². The number of amides is 1. The van der Waals surface area contributed by atoms with Crippen LogP contribution in [0.4, 0.5) is 0 Å². The Balaban J connectivity index is 2.86. The monoisotopic (exact) mass is 238 g/mol. The van der Waals surface area contributed by atoms with Crippen LogP contribution >= 0.6 is 11.5 Å². The molecule has 1 aromatic heterocycles. The van der Waals surface area contributed by atoms with Crippen LogP contribution in [0, 0.1) is 18.3 Å². The molecule has 0 aliphatic carbocycles. The van der Waals surface area contributed by atoms with Crippen molar-refractivity contribution in [3.63, 3.8) is 0 Å². The topological polar surface area (TPSA) is 78.7 Å². The standard InChI is InChI=1S/C10H14N4OS/c1-4-10(5-2,6-11)12-9(15)8-7(3)13-14-16-8/h4-5H2,1-3H3,(H,12,15). The number of rotatable bonds is 4. The Kier molecular flexibility index (Phi) is 3.96. The van der Waals surface area contributed by atoms with Gasteiger partial charge in [0.15, 0.2) is 0 Å². The summed E-state index contributed by atoms with van der Waals surface area (Å²) in [6.07, 6.45) is 1.16. The fourth-order valence-corrected chi connectivity index (χ4v) is 1.88. The van der Waals surface area contributed by atoms with Crippen LogP contribution in [-0.4, -0.2) is 21.0 Å². The van der Waals surface area contributed by atoms with Crippen LogP contribution in [-0.2, 0) is 0 Å². The SMILES string of the molecule is CCC(C#N)(CC)NC(=O)c1snnc1C. The highest BCUT2D eigenvalue weighted by Crippen LogP contribution is 2.16. The summed E-state index contributed by atoms with van der Waals surface area (Å²) in [4.78, 5) is 12.4. The van der Waals surface area contributed by atoms with Crippen molar-refractivity contribution in [2.24, 2.45) is 0 Å². The smallest absolute Gasteiger partial charge is 0.266 e. The highest BCUT2D eigenvalue weighted by atomic mass is 32.1. The molecule has 16 heavy (non-hydrogen) atoms. The van der Waals surface area contributed by atoms with Gasteiger partial charge in [-0.2, -0.15) is 5.26 Å². The molecule has 0 spiro atoms. The van der Waals surface area contributed by atoms with Gasteiger partial charge >= 0.3 is 0 Å². The third-order valence-electron chi connectivity index (χ3n) is 2.63. The maximum Gasteiger partial charge on any atom is 0.266 e. The van der Waals surface area contributed by atoms with E-state index in [0.29, 0.717) is 23.4 Å². The fourth-order valence-electron chi connectivity index (χ4n) is 1.33. The number of carbonyl (C=O) groups is 1. The summed E-state index contributed by atoms with van der Waals surface area (Å²) in [5, 5.41) is 15.6. The van der Waals surface area contributed by atoms with E-state index >= 15 is 0 Å². The zero-order valence-electron chi connectivity index (χ0n) is 9.57. The summed E-state index contributed by atoms with van der Waals surface area (Å²) in [6, 6.07) is 2.16. The Morgan fingerprint density at radius 2 is 2.19 bits per heavy atom. The molecule has 0 aliphatic heterocycles. The molecule has 0 aliphatic rings. The molecule has 0 atom stereocenters.